The van der Waals surface area contributed by atoms with Crippen LogP contribution in [0.3, 0.4) is 0 Å². The summed E-state index contributed by atoms with van der Waals surface area (Å²) in [5.74, 6) is -1.94. The number of hydrogen-bond acceptors (Lipinski definition) is 12. The lowest BCUT2D eigenvalue weighted by molar-refractivity contribution is -0.139. The molecule has 0 fully saturated rings. The number of rotatable bonds is 24. The predicted octanol–water partition coefficient (Wildman–Crippen LogP) is 5.34. The summed E-state index contributed by atoms with van der Waals surface area (Å²) in [6.45, 7) is 10.6. The number of Topliss-reactive ketones (excluding diaryl/α,β-unsaturated/α-hetero) is 1. The average molecular weight is 770 g/mol. The quantitative estimate of drug-likeness (QED) is 0.0383. The number of anilines is 2. The van der Waals surface area contributed by atoms with Crippen molar-refractivity contribution in [2.45, 2.75) is 116 Å². The van der Waals surface area contributed by atoms with Gasteiger partial charge in [0.1, 0.15) is 11.8 Å². The van der Waals surface area contributed by atoms with Crippen LogP contribution < -0.4 is 27.2 Å². The highest BCUT2D eigenvalue weighted by Crippen LogP contribution is 2.57. The zero-order valence-corrected chi connectivity index (χ0v) is 32.3. The number of H-pyrrole nitrogens is 1. The molecule has 3 aromatic rings. The highest BCUT2D eigenvalue weighted by Gasteiger charge is 2.26. The lowest BCUT2D eigenvalue weighted by Crippen LogP contribution is -2.41. The molecule has 0 saturated carbocycles. The number of nitrogens with zero attached hydrogens (tertiary/aromatic N) is 3. The number of aromatic amines is 1. The predicted molar refractivity (Wildman–Crippen MR) is 207 cm³/mol. The van der Waals surface area contributed by atoms with E-state index in [1.54, 1.807) is 12.1 Å². The molecule has 3 rings (SSSR count). The van der Waals surface area contributed by atoms with E-state index in [0.717, 1.165) is 44.9 Å². The van der Waals surface area contributed by atoms with Crippen molar-refractivity contribution in [1.29, 1.82) is 0 Å². The molecule has 16 nitrogen and oxygen atoms in total. The van der Waals surface area contributed by atoms with Crippen LogP contribution >= 0.6 is 7.37 Å². The number of nitrogen functional groups attached to an aromatic ring is 1. The van der Waals surface area contributed by atoms with Gasteiger partial charge in [-0.3, -0.25) is 30.8 Å². The number of aliphatic carboxylic acids is 1. The summed E-state index contributed by atoms with van der Waals surface area (Å²) in [7, 11) is -2.88. The van der Waals surface area contributed by atoms with Crippen LogP contribution in [0.15, 0.2) is 35.3 Å². The number of fused-ring (bicyclic) bond motifs is 1. The summed E-state index contributed by atoms with van der Waals surface area (Å²) in [4.78, 5) is 75.9. The zero-order valence-electron chi connectivity index (χ0n) is 31.4. The van der Waals surface area contributed by atoms with Crippen LogP contribution in [0.25, 0.3) is 11.2 Å². The molecule has 2 atom stereocenters. The Morgan fingerprint density at radius 2 is 1.63 bits per heavy atom. The normalized spacial score (nSPS) is 13.2. The number of carboxylic acids is 1. The highest BCUT2D eigenvalue weighted by atomic mass is 31.2. The van der Waals surface area contributed by atoms with Gasteiger partial charge in [0.05, 0.1) is 32.4 Å². The van der Waals surface area contributed by atoms with Crippen molar-refractivity contribution in [1.82, 2.24) is 30.6 Å². The second-order valence-corrected chi connectivity index (χ2v) is 17.2. The number of carboxylic acid groups (broad SMARTS) is 1. The number of nitrogens with two attached hydrogens (primary N) is 1. The number of nitrogens with one attached hydrogen (secondary N) is 4. The van der Waals surface area contributed by atoms with Gasteiger partial charge >= 0.3 is 5.97 Å². The van der Waals surface area contributed by atoms with E-state index < -0.39 is 36.0 Å². The van der Waals surface area contributed by atoms with Gasteiger partial charge in [0.25, 0.3) is 11.5 Å². The van der Waals surface area contributed by atoms with Crippen LogP contribution in [0.5, 0.6) is 0 Å². The molecule has 0 aliphatic heterocycles. The van der Waals surface area contributed by atoms with E-state index in [1.807, 2.05) is 20.8 Å². The molecule has 0 saturated heterocycles. The first-order chi connectivity index (χ1) is 25.6. The van der Waals surface area contributed by atoms with E-state index in [9.17, 15) is 33.6 Å². The number of ketones is 1. The lowest BCUT2D eigenvalue weighted by Gasteiger charge is -2.33. The SMILES string of the molecule is [CH2-]P(=O)(OCCCCCCNC(=O)CCCCCCC(=O)CC[C@H](NC(=O)c1ccc(NCc2cnc3nc(N)[nH]c(=O)c3n2)cc1)C(=O)O)C(C)(C)C. The molecule has 2 amide bonds. The molecule has 1 unspecified atom stereocenters. The number of unbranched alkanes of at least 4 members (excludes halogenated alkanes) is 6. The minimum Gasteiger partial charge on any atom is -0.480 e. The zero-order chi connectivity index (χ0) is 39.7. The van der Waals surface area contributed by atoms with Gasteiger partial charge in [0, 0.05) is 42.2 Å². The summed E-state index contributed by atoms with van der Waals surface area (Å²) >= 11 is 0. The first kappa shape index (κ1) is 43.7. The fourth-order valence-electron chi connectivity index (χ4n) is 5.18. The van der Waals surface area contributed by atoms with Crippen LogP contribution in [0.1, 0.15) is 114 Å². The number of carbonyl (C=O) groups is 4. The van der Waals surface area contributed by atoms with E-state index in [4.69, 9.17) is 10.3 Å². The smallest absolute Gasteiger partial charge is 0.326 e. The molecule has 0 radical (unpaired) electrons. The Bertz CT molecular complexity index is 1830. The molecule has 17 heteroatoms. The fraction of sp³-hybridized carbons (Fsp3) is 0.541. The molecule has 0 spiro atoms. The molecule has 2 heterocycles. The topological polar surface area (TPSA) is 248 Å². The van der Waals surface area contributed by atoms with Crippen LogP contribution in [0.2, 0.25) is 0 Å². The summed E-state index contributed by atoms with van der Waals surface area (Å²) < 4.78 is 17.9. The van der Waals surface area contributed by atoms with Gasteiger partial charge < -0.3 is 35.9 Å². The lowest BCUT2D eigenvalue weighted by atomic mass is 10.0. The van der Waals surface area contributed by atoms with Crippen molar-refractivity contribution in [2.24, 2.45) is 0 Å². The molecule has 2 aromatic heterocycles. The van der Waals surface area contributed by atoms with E-state index >= 15 is 0 Å². The molecular weight excluding hydrogens is 715 g/mol. The Balaban J connectivity index is 1.25. The van der Waals surface area contributed by atoms with Gasteiger partial charge in [-0.2, -0.15) is 4.98 Å². The molecule has 0 aliphatic carbocycles. The minimum absolute atomic E-state index is 0.00367. The summed E-state index contributed by atoms with van der Waals surface area (Å²) in [6.07, 6.45) is 8.66. The molecule has 0 aliphatic rings. The number of hydrogen-bond donors (Lipinski definition) is 6. The standard InChI is InChI=1S/C37H54N8O8P/c1-37(2,3)54(4,52)53-22-12-8-7-11-21-39-30(47)14-10-6-5-9-13-28(46)19-20-29(35(50)51)43-33(48)25-15-17-26(18-16-25)40-23-27-24-41-32-31(42-27)34(49)45-36(38)44-32/h15-18,24,29,40H,4-14,19-23H2,1-3H3,(H,39,47)(H,43,48)(H,50,51)(H3,38,41,44,45,49)/q-1/t29-,54?/m0/s1. The molecule has 296 valence electrons. The number of carbonyl (C=O) groups excluding carboxylic acids is 3. The van der Waals surface area contributed by atoms with Gasteiger partial charge in [-0.1, -0.05) is 46.5 Å². The Hall–Kier alpha value is -4.69. The summed E-state index contributed by atoms with van der Waals surface area (Å²) in [6, 6.07) is 5.14. The third-order valence-electron chi connectivity index (χ3n) is 8.75. The first-order valence-electron chi connectivity index (χ1n) is 18.3. The molecular formula is C37H54N8O8P-. The van der Waals surface area contributed by atoms with Crippen molar-refractivity contribution in [2.75, 3.05) is 24.2 Å². The van der Waals surface area contributed by atoms with Crippen LogP contribution in [-0.2, 0) is 30.0 Å². The monoisotopic (exact) mass is 769 g/mol. The highest BCUT2D eigenvalue weighted by molar-refractivity contribution is 7.61. The van der Waals surface area contributed by atoms with E-state index in [-0.39, 0.29) is 53.8 Å². The third kappa shape index (κ3) is 15.0. The molecule has 7 N–H and O–H groups in total. The Morgan fingerprint density at radius 1 is 0.963 bits per heavy atom. The Labute approximate surface area is 315 Å². The maximum Gasteiger partial charge on any atom is 0.326 e. The molecule has 54 heavy (non-hydrogen) atoms. The Morgan fingerprint density at radius 3 is 2.31 bits per heavy atom. The van der Waals surface area contributed by atoms with Gasteiger partial charge in [-0.15, -0.1) is 0 Å². The van der Waals surface area contributed by atoms with Crippen molar-refractivity contribution < 1.29 is 33.4 Å². The largest absolute Gasteiger partial charge is 0.480 e. The van der Waals surface area contributed by atoms with E-state index in [0.29, 0.717) is 43.8 Å². The number of amides is 2. The maximum absolute atomic E-state index is 12.8. The van der Waals surface area contributed by atoms with Gasteiger partial charge in [-0.05, 0) is 56.4 Å². The van der Waals surface area contributed by atoms with Crippen molar-refractivity contribution >= 4 is 53.7 Å². The third-order valence-corrected chi connectivity index (χ3v) is 11.4. The van der Waals surface area contributed by atoms with E-state index in [2.05, 4.69) is 42.6 Å². The second-order valence-electron chi connectivity index (χ2n) is 14.2. The van der Waals surface area contributed by atoms with Crippen molar-refractivity contribution in [3.05, 3.63) is 58.7 Å². The van der Waals surface area contributed by atoms with Crippen LogP contribution in [0, 0.1) is 6.66 Å². The van der Waals surface area contributed by atoms with Crippen molar-refractivity contribution in [3.8, 4) is 0 Å². The first-order valence-corrected chi connectivity index (χ1v) is 20.1. The number of aromatic nitrogens is 4. The van der Waals surface area contributed by atoms with Gasteiger partial charge in [0.15, 0.2) is 11.2 Å². The molecule has 1 aromatic carbocycles. The average Bonchev–Trinajstić information content (AvgIpc) is 3.11. The van der Waals surface area contributed by atoms with Crippen molar-refractivity contribution in [3.63, 3.8) is 0 Å². The maximum atomic E-state index is 12.8. The summed E-state index contributed by atoms with van der Waals surface area (Å²) in [5, 5.41) is 17.7. The minimum atomic E-state index is -2.88. The second kappa shape index (κ2) is 21.3. The molecule has 0 bridgehead atoms. The van der Waals surface area contributed by atoms with E-state index in [1.165, 1.54) is 18.3 Å². The van der Waals surface area contributed by atoms with Crippen LogP contribution in [0.4, 0.5) is 11.6 Å². The Kier molecular flexibility index (Phi) is 17.2. The number of benzene rings is 1. The summed E-state index contributed by atoms with van der Waals surface area (Å²) in [5.41, 5.74) is 6.59. The fourth-order valence-corrected chi connectivity index (χ4v) is 5.99. The van der Waals surface area contributed by atoms with Gasteiger partial charge in [-0.25, -0.2) is 14.8 Å². The van der Waals surface area contributed by atoms with Gasteiger partial charge in [0.2, 0.25) is 11.9 Å². The van der Waals surface area contributed by atoms with Crippen LogP contribution in [-0.4, -0.2) is 73.0 Å².